The molecule has 0 spiro atoms. The maximum absolute atomic E-state index is 11.4. The number of ether oxygens (including phenoxy) is 2. The second-order valence-corrected chi connectivity index (χ2v) is 11.8. The van der Waals surface area contributed by atoms with Crippen molar-refractivity contribution in [3.05, 3.63) is 152 Å². The molecule has 8 heteroatoms. The van der Waals surface area contributed by atoms with Crippen LogP contribution in [0.1, 0.15) is 60.8 Å². The summed E-state index contributed by atoms with van der Waals surface area (Å²) in [5.41, 5.74) is 10.7. The van der Waals surface area contributed by atoms with Crippen LogP contribution >= 0.6 is 31.9 Å². The number of benzene rings is 4. The first-order valence-electron chi connectivity index (χ1n) is 14.4. The average molecular weight is 723 g/mol. The van der Waals surface area contributed by atoms with Crippen LogP contribution in [0.5, 0.6) is 11.5 Å². The Morgan fingerprint density at radius 1 is 0.773 bits per heavy atom. The van der Waals surface area contributed by atoms with E-state index in [0.717, 1.165) is 39.8 Å². The van der Waals surface area contributed by atoms with Gasteiger partial charge in [-0.05, 0) is 42.2 Å². The Hall–Kier alpha value is -3.88. The molecule has 0 aromatic heterocycles. The van der Waals surface area contributed by atoms with Crippen LogP contribution in [-0.4, -0.2) is 18.1 Å². The topological polar surface area (TPSA) is 87.6 Å². The molecule has 4 rings (SSSR count). The zero-order valence-corrected chi connectivity index (χ0v) is 28.2. The lowest BCUT2D eigenvalue weighted by Gasteiger charge is -2.20. The summed E-state index contributed by atoms with van der Waals surface area (Å²) in [6.45, 7) is 13.0. The van der Waals surface area contributed by atoms with E-state index < -0.39 is 4.92 Å². The van der Waals surface area contributed by atoms with Gasteiger partial charge in [0.15, 0.2) is 0 Å². The number of anilines is 1. The number of hydrogen-bond donors (Lipinski definition) is 1. The summed E-state index contributed by atoms with van der Waals surface area (Å²) in [6.07, 6.45) is 5.42. The predicted molar refractivity (Wildman–Crippen MR) is 188 cm³/mol. The molecule has 0 radical (unpaired) electrons. The minimum absolute atomic E-state index is 0.0365. The maximum Gasteiger partial charge on any atom is 0.312 e. The van der Waals surface area contributed by atoms with Crippen molar-refractivity contribution in [2.24, 2.45) is 0 Å². The van der Waals surface area contributed by atoms with Crippen LogP contribution in [0.15, 0.2) is 119 Å². The first kappa shape index (κ1) is 34.6. The van der Waals surface area contributed by atoms with Crippen LogP contribution in [0.2, 0.25) is 0 Å². The van der Waals surface area contributed by atoms with Crippen molar-refractivity contribution in [3.63, 3.8) is 0 Å². The van der Waals surface area contributed by atoms with Gasteiger partial charge in [0.1, 0.15) is 5.75 Å². The lowest BCUT2D eigenvalue weighted by atomic mass is 9.90. The van der Waals surface area contributed by atoms with Crippen molar-refractivity contribution >= 4 is 43.2 Å². The average Bonchev–Trinajstić information content (AvgIpc) is 3.02. The van der Waals surface area contributed by atoms with E-state index in [0.29, 0.717) is 29.1 Å². The predicted octanol–water partition coefficient (Wildman–Crippen LogP) is 10.6. The fourth-order valence-corrected chi connectivity index (χ4v) is 5.73. The van der Waals surface area contributed by atoms with Gasteiger partial charge in [0.05, 0.1) is 23.8 Å². The Balaban J connectivity index is 0.000000241. The largest absolute Gasteiger partial charge is 0.491 e. The van der Waals surface area contributed by atoms with Crippen LogP contribution in [-0.2, 0) is 0 Å². The van der Waals surface area contributed by atoms with Gasteiger partial charge in [0, 0.05) is 38.0 Å². The van der Waals surface area contributed by atoms with Gasteiger partial charge < -0.3 is 15.2 Å². The molecule has 0 bridgehead atoms. The third kappa shape index (κ3) is 9.07. The van der Waals surface area contributed by atoms with Gasteiger partial charge in [-0.25, -0.2) is 0 Å². The number of rotatable bonds is 13. The smallest absolute Gasteiger partial charge is 0.312 e. The number of nitrogens with two attached hydrogens (primary N) is 1. The van der Waals surface area contributed by atoms with Crippen molar-refractivity contribution in [2.75, 3.05) is 18.9 Å². The molecule has 0 amide bonds. The first-order valence-corrected chi connectivity index (χ1v) is 16.0. The Kier molecular flexibility index (Phi) is 13.7. The molecule has 4 aromatic carbocycles. The van der Waals surface area contributed by atoms with Gasteiger partial charge >= 0.3 is 5.69 Å². The van der Waals surface area contributed by atoms with E-state index >= 15 is 0 Å². The number of nitrogen functional groups attached to an aromatic ring is 1. The van der Waals surface area contributed by atoms with Crippen LogP contribution in [0, 0.1) is 10.1 Å². The lowest BCUT2D eigenvalue weighted by molar-refractivity contribution is -0.386. The minimum Gasteiger partial charge on any atom is -0.491 e. The molecule has 0 saturated carbocycles. The summed E-state index contributed by atoms with van der Waals surface area (Å²) in [6, 6.07) is 27.3. The number of nitrogens with zero attached hydrogens (tertiary/aromatic N) is 1. The lowest BCUT2D eigenvalue weighted by Crippen LogP contribution is -2.06. The van der Waals surface area contributed by atoms with Crippen molar-refractivity contribution in [1.29, 1.82) is 0 Å². The summed E-state index contributed by atoms with van der Waals surface area (Å²) < 4.78 is 13.2. The standard InChI is InChI=1S/C18H18BrNO3.C18H20BrNO/c1-3-10-23-18-16(11-14(19)12-17(18)20(21)22)15(4-2)13-8-6-5-7-9-13;1-3-10-21-18-16(11-14(19)12-17(18)20)15(4-2)13-8-6-5-7-9-13/h4-9,11-12,15H,2-3,10H2,1H3;4-9,11-12,15H,2-3,10,20H2,1H3. The van der Waals surface area contributed by atoms with E-state index in [4.69, 9.17) is 15.2 Å². The molecule has 0 aliphatic heterocycles. The zero-order valence-electron chi connectivity index (χ0n) is 25.0. The zero-order chi connectivity index (χ0) is 32.1. The highest BCUT2D eigenvalue weighted by atomic mass is 79.9. The molecule has 0 fully saturated rings. The van der Waals surface area contributed by atoms with Crippen LogP contribution in [0.4, 0.5) is 11.4 Å². The molecule has 6 nitrogen and oxygen atoms in total. The molecule has 2 unspecified atom stereocenters. The highest BCUT2D eigenvalue weighted by Crippen LogP contribution is 2.42. The van der Waals surface area contributed by atoms with E-state index in [2.05, 4.69) is 70.1 Å². The van der Waals surface area contributed by atoms with E-state index in [1.807, 2.05) is 73.7 Å². The minimum atomic E-state index is -0.412. The Morgan fingerprint density at radius 2 is 1.20 bits per heavy atom. The molecule has 0 heterocycles. The normalized spacial score (nSPS) is 11.8. The van der Waals surface area contributed by atoms with E-state index in [1.165, 1.54) is 11.6 Å². The maximum atomic E-state index is 11.4. The first-order chi connectivity index (χ1) is 21.2. The van der Waals surface area contributed by atoms with Crippen molar-refractivity contribution in [2.45, 2.75) is 38.5 Å². The molecule has 4 aromatic rings. The molecule has 0 saturated heterocycles. The van der Waals surface area contributed by atoms with Gasteiger partial charge in [0.2, 0.25) is 5.75 Å². The quantitative estimate of drug-likeness (QED) is 0.0643. The van der Waals surface area contributed by atoms with E-state index in [9.17, 15) is 10.1 Å². The SMILES string of the molecule is C=CC(c1ccccc1)c1cc(Br)cc(N)c1OCCC.C=CC(c1ccccc1)c1cc(Br)cc([N+](=O)[O-])c1OCCC. The van der Waals surface area contributed by atoms with Crippen molar-refractivity contribution in [1.82, 2.24) is 0 Å². The van der Waals surface area contributed by atoms with Crippen molar-refractivity contribution in [3.8, 4) is 11.5 Å². The van der Waals surface area contributed by atoms with Gasteiger partial charge in [0.25, 0.3) is 0 Å². The second kappa shape index (κ2) is 17.4. The van der Waals surface area contributed by atoms with Crippen LogP contribution < -0.4 is 15.2 Å². The Labute approximate surface area is 277 Å². The second-order valence-electron chi connectivity index (χ2n) is 9.96. The Morgan fingerprint density at radius 3 is 1.64 bits per heavy atom. The third-order valence-electron chi connectivity index (χ3n) is 6.73. The Bertz CT molecular complexity index is 1550. The summed E-state index contributed by atoms with van der Waals surface area (Å²) in [5, 5.41) is 11.4. The molecule has 2 atom stereocenters. The van der Waals surface area contributed by atoms with Crippen LogP contribution in [0.3, 0.4) is 0 Å². The van der Waals surface area contributed by atoms with Gasteiger partial charge in [-0.2, -0.15) is 0 Å². The third-order valence-corrected chi connectivity index (χ3v) is 7.65. The molecular weight excluding hydrogens is 684 g/mol. The summed E-state index contributed by atoms with van der Waals surface area (Å²) in [7, 11) is 0. The summed E-state index contributed by atoms with van der Waals surface area (Å²) >= 11 is 6.87. The number of nitro groups is 1. The van der Waals surface area contributed by atoms with Gasteiger partial charge in [-0.15, -0.1) is 13.2 Å². The van der Waals surface area contributed by atoms with Gasteiger partial charge in [-0.1, -0.05) is 119 Å². The number of hydrogen-bond acceptors (Lipinski definition) is 5. The van der Waals surface area contributed by atoms with E-state index in [1.54, 1.807) is 6.08 Å². The molecule has 44 heavy (non-hydrogen) atoms. The number of halogens is 2. The molecule has 2 N–H and O–H groups in total. The van der Waals surface area contributed by atoms with E-state index in [-0.39, 0.29) is 17.5 Å². The van der Waals surface area contributed by atoms with Gasteiger partial charge in [-0.3, -0.25) is 10.1 Å². The summed E-state index contributed by atoms with van der Waals surface area (Å²) in [4.78, 5) is 11.0. The highest BCUT2D eigenvalue weighted by Gasteiger charge is 2.25. The molecule has 230 valence electrons. The van der Waals surface area contributed by atoms with Crippen LogP contribution in [0.25, 0.3) is 0 Å². The highest BCUT2D eigenvalue weighted by molar-refractivity contribution is 9.10. The van der Waals surface area contributed by atoms with Crippen molar-refractivity contribution < 1.29 is 14.4 Å². The number of nitro benzene ring substituents is 1. The number of allylic oxidation sites excluding steroid dienone is 2. The molecule has 0 aliphatic rings. The molecular formula is C36H38Br2N2O4. The fourth-order valence-electron chi connectivity index (χ4n) is 4.77. The fraction of sp³-hybridized carbons (Fsp3) is 0.222. The summed E-state index contributed by atoms with van der Waals surface area (Å²) in [5.74, 6) is 0.944. The monoisotopic (exact) mass is 720 g/mol. The molecule has 0 aliphatic carbocycles.